The first-order valence-corrected chi connectivity index (χ1v) is 7.28. The number of carbonyl (C=O) groups is 2. The van der Waals surface area contributed by atoms with Crippen LogP contribution >= 0.6 is 0 Å². The Labute approximate surface area is 137 Å². The van der Waals surface area contributed by atoms with E-state index in [1.54, 1.807) is 24.4 Å². The third kappa shape index (κ3) is 2.81. The molecule has 0 spiro atoms. The number of nitrogens with zero attached hydrogens (tertiary/aromatic N) is 1. The molecule has 0 unspecified atom stereocenters. The van der Waals surface area contributed by atoms with Crippen LogP contribution in [-0.4, -0.2) is 34.3 Å². The molecular formula is C16H17N5O3. The summed E-state index contributed by atoms with van der Waals surface area (Å²) in [6.07, 6.45) is 1.72. The Hall–Kier alpha value is -3.29. The normalized spacial score (nSPS) is 10.6. The number of carbonyl (C=O) groups excluding carboxylic acids is 2. The quantitative estimate of drug-likeness (QED) is 0.554. The zero-order valence-electron chi connectivity index (χ0n) is 13.5. The van der Waals surface area contributed by atoms with E-state index in [9.17, 15) is 9.59 Å². The van der Waals surface area contributed by atoms with Crippen molar-refractivity contribution < 1.29 is 14.3 Å². The predicted octanol–water partition coefficient (Wildman–Crippen LogP) is 2.94. The molecule has 2 heterocycles. The summed E-state index contributed by atoms with van der Waals surface area (Å²) in [5.41, 5.74) is 3.30. The molecule has 8 heteroatoms. The summed E-state index contributed by atoms with van der Waals surface area (Å²) in [5.74, 6) is -0.0124. The van der Waals surface area contributed by atoms with E-state index >= 15 is 0 Å². The van der Waals surface area contributed by atoms with Gasteiger partial charge < -0.3 is 15.0 Å². The van der Waals surface area contributed by atoms with Crippen molar-refractivity contribution in [2.24, 2.45) is 0 Å². The SMILES string of the molecule is COC(=O)c1cc(NC(=O)Nc2n[nH]c(C)c2C)cc2[nH]ccc12. The summed E-state index contributed by atoms with van der Waals surface area (Å²) >= 11 is 0. The van der Waals surface area contributed by atoms with Crippen molar-refractivity contribution in [1.82, 2.24) is 15.2 Å². The molecule has 0 saturated heterocycles. The van der Waals surface area contributed by atoms with E-state index in [2.05, 4.69) is 25.8 Å². The van der Waals surface area contributed by atoms with Crippen LogP contribution in [0.5, 0.6) is 0 Å². The van der Waals surface area contributed by atoms with Crippen LogP contribution in [0, 0.1) is 13.8 Å². The number of aryl methyl sites for hydroxylation is 1. The highest BCUT2D eigenvalue weighted by Gasteiger charge is 2.15. The molecular weight excluding hydrogens is 310 g/mol. The smallest absolute Gasteiger partial charge is 0.338 e. The minimum absolute atomic E-state index is 0.373. The maximum absolute atomic E-state index is 12.2. The lowest BCUT2D eigenvalue weighted by molar-refractivity contribution is 0.0603. The van der Waals surface area contributed by atoms with Crippen LogP contribution in [0.1, 0.15) is 21.6 Å². The molecule has 0 aliphatic heterocycles. The Bertz CT molecular complexity index is 925. The van der Waals surface area contributed by atoms with Crippen LogP contribution in [0.2, 0.25) is 0 Å². The lowest BCUT2D eigenvalue weighted by atomic mass is 10.1. The van der Waals surface area contributed by atoms with Crippen molar-refractivity contribution in [3.05, 3.63) is 41.2 Å². The summed E-state index contributed by atoms with van der Waals surface area (Å²) in [5, 5.41) is 12.9. The predicted molar refractivity (Wildman–Crippen MR) is 90.3 cm³/mol. The third-order valence-electron chi connectivity index (χ3n) is 3.82. The number of ether oxygens (including phenoxy) is 1. The van der Waals surface area contributed by atoms with Gasteiger partial charge in [0, 0.05) is 34.0 Å². The van der Waals surface area contributed by atoms with Crippen LogP contribution in [0.3, 0.4) is 0 Å². The molecule has 24 heavy (non-hydrogen) atoms. The zero-order valence-corrected chi connectivity index (χ0v) is 13.5. The molecule has 1 aromatic carbocycles. The molecule has 0 saturated carbocycles. The van der Waals surface area contributed by atoms with Crippen molar-refractivity contribution in [2.75, 3.05) is 17.7 Å². The maximum Gasteiger partial charge on any atom is 0.338 e. The van der Waals surface area contributed by atoms with Crippen LogP contribution in [0.15, 0.2) is 24.4 Å². The Morgan fingerprint density at radius 3 is 2.67 bits per heavy atom. The minimum Gasteiger partial charge on any atom is -0.465 e. The van der Waals surface area contributed by atoms with Gasteiger partial charge in [-0.2, -0.15) is 5.10 Å². The number of hydrogen-bond acceptors (Lipinski definition) is 4. The first-order chi connectivity index (χ1) is 11.5. The van der Waals surface area contributed by atoms with Crippen molar-refractivity contribution in [2.45, 2.75) is 13.8 Å². The van der Waals surface area contributed by atoms with Gasteiger partial charge >= 0.3 is 12.0 Å². The second-order valence-corrected chi connectivity index (χ2v) is 5.36. The van der Waals surface area contributed by atoms with Gasteiger partial charge in [0.05, 0.1) is 12.7 Å². The molecule has 2 amide bonds. The van der Waals surface area contributed by atoms with Crippen LogP contribution in [-0.2, 0) is 4.74 Å². The number of fused-ring (bicyclic) bond motifs is 1. The molecule has 4 N–H and O–H groups in total. The van der Waals surface area contributed by atoms with Crippen molar-refractivity contribution in [1.29, 1.82) is 0 Å². The fourth-order valence-corrected chi connectivity index (χ4v) is 2.39. The number of rotatable bonds is 3. The first kappa shape index (κ1) is 15.6. The Kier molecular flexibility index (Phi) is 3.95. The second kappa shape index (κ2) is 6.07. The zero-order chi connectivity index (χ0) is 17.3. The summed E-state index contributed by atoms with van der Waals surface area (Å²) in [6.45, 7) is 3.72. The number of esters is 1. The number of aromatic amines is 2. The van der Waals surface area contributed by atoms with Gasteiger partial charge in [-0.05, 0) is 32.0 Å². The van der Waals surface area contributed by atoms with E-state index in [0.29, 0.717) is 17.1 Å². The highest BCUT2D eigenvalue weighted by molar-refractivity contribution is 6.07. The van der Waals surface area contributed by atoms with Gasteiger partial charge in [-0.25, -0.2) is 9.59 Å². The van der Waals surface area contributed by atoms with Crippen LogP contribution in [0.25, 0.3) is 10.9 Å². The summed E-state index contributed by atoms with van der Waals surface area (Å²) in [6, 6.07) is 4.64. The lowest BCUT2D eigenvalue weighted by Gasteiger charge is -2.09. The molecule has 0 aliphatic rings. The van der Waals surface area contributed by atoms with Crippen LogP contribution < -0.4 is 10.6 Å². The van der Waals surface area contributed by atoms with Gasteiger partial charge in [-0.1, -0.05) is 0 Å². The molecule has 2 aromatic heterocycles. The highest BCUT2D eigenvalue weighted by atomic mass is 16.5. The Morgan fingerprint density at radius 2 is 2.00 bits per heavy atom. The third-order valence-corrected chi connectivity index (χ3v) is 3.82. The van der Waals surface area contributed by atoms with Crippen molar-refractivity contribution >= 4 is 34.4 Å². The van der Waals surface area contributed by atoms with E-state index in [1.165, 1.54) is 7.11 Å². The Morgan fingerprint density at radius 1 is 1.21 bits per heavy atom. The topological polar surface area (TPSA) is 112 Å². The molecule has 0 fully saturated rings. The average Bonchev–Trinajstić information content (AvgIpc) is 3.15. The average molecular weight is 327 g/mol. The Balaban J connectivity index is 1.85. The first-order valence-electron chi connectivity index (χ1n) is 7.28. The van der Waals surface area contributed by atoms with Crippen molar-refractivity contribution in [3.8, 4) is 0 Å². The van der Waals surface area contributed by atoms with Gasteiger partial charge in [0.15, 0.2) is 5.82 Å². The molecule has 0 atom stereocenters. The van der Waals surface area contributed by atoms with E-state index in [0.717, 1.165) is 22.2 Å². The number of urea groups is 1. The minimum atomic E-state index is -0.470. The number of nitrogens with one attached hydrogen (secondary N) is 4. The standard InChI is InChI=1S/C16H17N5O3/c1-8-9(2)20-21-14(8)19-16(23)18-10-6-12(15(22)24-3)11-4-5-17-13(11)7-10/h4-7,17H,1-3H3,(H3,18,19,20,21,23). The number of amides is 2. The summed E-state index contributed by atoms with van der Waals surface area (Å²) < 4.78 is 4.79. The monoisotopic (exact) mass is 327 g/mol. The van der Waals surface area contributed by atoms with Crippen molar-refractivity contribution in [3.63, 3.8) is 0 Å². The van der Waals surface area contributed by atoms with Gasteiger partial charge in [0.1, 0.15) is 0 Å². The number of methoxy groups -OCH3 is 1. The number of aromatic nitrogens is 3. The van der Waals surface area contributed by atoms with E-state index in [4.69, 9.17) is 4.74 Å². The largest absolute Gasteiger partial charge is 0.465 e. The molecule has 0 bridgehead atoms. The maximum atomic E-state index is 12.2. The van der Waals surface area contributed by atoms with E-state index in [-0.39, 0.29) is 0 Å². The number of H-pyrrole nitrogens is 2. The van der Waals surface area contributed by atoms with Gasteiger partial charge in [0.2, 0.25) is 0 Å². The highest BCUT2D eigenvalue weighted by Crippen LogP contribution is 2.24. The molecule has 124 valence electrons. The van der Waals surface area contributed by atoms with Crippen LogP contribution in [0.4, 0.5) is 16.3 Å². The molecule has 3 rings (SSSR count). The summed E-state index contributed by atoms with van der Waals surface area (Å²) in [4.78, 5) is 27.1. The second-order valence-electron chi connectivity index (χ2n) is 5.36. The van der Waals surface area contributed by atoms with E-state index in [1.807, 2.05) is 13.8 Å². The number of benzene rings is 1. The number of hydrogen-bond donors (Lipinski definition) is 4. The molecule has 8 nitrogen and oxygen atoms in total. The van der Waals surface area contributed by atoms with Gasteiger partial charge in [0.25, 0.3) is 0 Å². The van der Waals surface area contributed by atoms with Gasteiger partial charge in [-0.3, -0.25) is 10.4 Å². The fraction of sp³-hybridized carbons (Fsp3) is 0.188. The molecule has 3 aromatic rings. The number of anilines is 2. The molecule has 0 aliphatic carbocycles. The fourth-order valence-electron chi connectivity index (χ4n) is 2.39. The van der Waals surface area contributed by atoms with E-state index < -0.39 is 12.0 Å². The summed E-state index contributed by atoms with van der Waals surface area (Å²) in [7, 11) is 1.32. The lowest BCUT2D eigenvalue weighted by Crippen LogP contribution is -2.20. The van der Waals surface area contributed by atoms with Gasteiger partial charge in [-0.15, -0.1) is 0 Å². The molecule has 0 radical (unpaired) electrons.